The van der Waals surface area contributed by atoms with Crippen LogP contribution in [0.4, 0.5) is 0 Å². The molecular weight excluding hydrogens is 252 g/mol. The number of hydrogen-bond acceptors (Lipinski definition) is 2. The van der Waals surface area contributed by atoms with Crippen LogP contribution < -0.4 is 5.32 Å². The highest BCUT2D eigenvalue weighted by molar-refractivity contribution is 9.10. The van der Waals surface area contributed by atoms with E-state index in [0.717, 1.165) is 16.8 Å². The lowest BCUT2D eigenvalue weighted by atomic mass is 10.0. The van der Waals surface area contributed by atoms with Gasteiger partial charge in [-0.3, -0.25) is 0 Å². The van der Waals surface area contributed by atoms with Gasteiger partial charge < -0.3 is 5.32 Å². The van der Waals surface area contributed by atoms with Gasteiger partial charge in [-0.25, -0.2) is 4.98 Å². The zero-order valence-electron chi connectivity index (χ0n) is 9.63. The highest BCUT2D eigenvalue weighted by Gasteiger charge is 2.09. The number of nitrogens with zero attached hydrogens (tertiary/aromatic N) is 1. The monoisotopic (exact) mass is 270 g/mol. The second kappa shape index (κ2) is 6.23. The van der Waals surface area contributed by atoms with Crippen molar-refractivity contribution in [2.45, 2.75) is 39.8 Å². The molecule has 0 saturated heterocycles. The lowest BCUT2D eigenvalue weighted by Gasteiger charge is -2.19. The maximum atomic E-state index is 4.38. The van der Waals surface area contributed by atoms with Crippen molar-refractivity contribution in [2.24, 2.45) is 5.92 Å². The Morgan fingerprint density at radius 2 is 2.13 bits per heavy atom. The SMILES string of the molecule is CCC(C)C(C)NCc1cccc(Br)n1. The van der Waals surface area contributed by atoms with E-state index in [2.05, 4.69) is 47.0 Å². The van der Waals surface area contributed by atoms with Crippen molar-refractivity contribution in [1.82, 2.24) is 10.3 Å². The van der Waals surface area contributed by atoms with Crippen molar-refractivity contribution in [3.63, 3.8) is 0 Å². The Labute approximate surface area is 101 Å². The zero-order valence-corrected chi connectivity index (χ0v) is 11.2. The van der Waals surface area contributed by atoms with Crippen molar-refractivity contribution in [3.8, 4) is 0 Å². The van der Waals surface area contributed by atoms with Crippen molar-refractivity contribution in [3.05, 3.63) is 28.5 Å². The van der Waals surface area contributed by atoms with Gasteiger partial charge in [0, 0.05) is 12.6 Å². The van der Waals surface area contributed by atoms with Crippen molar-refractivity contribution < 1.29 is 0 Å². The third-order valence-electron chi connectivity index (χ3n) is 2.88. The molecule has 1 heterocycles. The smallest absolute Gasteiger partial charge is 0.106 e. The quantitative estimate of drug-likeness (QED) is 0.830. The maximum Gasteiger partial charge on any atom is 0.106 e. The highest BCUT2D eigenvalue weighted by Crippen LogP contribution is 2.09. The number of halogens is 1. The Balaban J connectivity index is 2.43. The van der Waals surface area contributed by atoms with Crippen LogP contribution in [0.15, 0.2) is 22.8 Å². The molecule has 84 valence electrons. The fourth-order valence-electron chi connectivity index (χ4n) is 1.37. The number of aromatic nitrogens is 1. The summed E-state index contributed by atoms with van der Waals surface area (Å²) in [5.74, 6) is 0.706. The van der Waals surface area contributed by atoms with E-state index in [1.54, 1.807) is 0 Å². The molecule has 0 aromatic carbocycles. The number of hydrogen-bond donors (Lipinski definition) is 1. The third-order valence-corrected chi connectivity index (χ3v) is 3.32. The summed E-state index contributed by atoms with van der Waals surface area (Å²) in [6, 6.07) is 6.54. The maximum absolute atomic E-state index is 4.38. The molecular formula is C12H19BrN2. The first-order valence-corrected chi connectivity index (χ1v) is 6.27. The minimum absolute atomic E-state index is 0.538. The van der Waals surface area contributed by atoms with Gasteiger partial charge in [-0.05, 0) is 40.9 Å². The molecule has 0 aliphatic heterocycles. The van der Waals surface area contributed by atoms with Gasteiger partial charge in [0.15, 0.2) is 0 Å². The molecule has 1 rings (SSSR count). The average Bonchev–Trinajstić information content (AvgIpc) is 2.25. The van der Waals surface area contributed by atoms with Gasteiger partial charge in [-0.1, -0.05) is 26.3 Å². The normalized spacial score (nSPS) is 14.9. The Bertz CT molecular complexity index is 301. The van der Waals surface area contributed by atoms with Gasteiger partial charge in [0.25, 0.3) is 0 Å². The molecule has 2 atom stereocenters. The molecule has 0 spiro atoms. The molecule has 2 unspecified atom stereocenters. The highest BCUT2D eigenvalue weighted by atomic mass is 79.9. The van der Waals surface area contributed by atoms with E-state index in [4.69, 9.17) is 0 Å². The minimum atomic E-state index is 0.538. The summed E-state index contributed by atoms with van der Waals surface area (Å²) >= 11 is 3.37. The van der Waals surface area contributed by atoms with Crippen molar-refractivity contribution in [2.75, 3.05) is 0 Å². The topological polar surface area (TPSA) is 24.9 Å². The van der Waals surface area contributed by atoms with Crippen molar-refractivity contribution in [1.29, 1.82) is 0 Å². The van der Waals surface area contributed by atoms with Crippen LogP contribution in [0, 0.1) is 5.92 Å². The van der Waals surface area contributed by atoms with Gasteiger partial charge >= 0.3 is 0 Å². The summed E-state index contributed by atoms with van der Waals surface area (Å²) in [6.07, 6.45) is 1.21. The minimum Gasteiger partial charge on any atom is -0.308 e. The first kappa shape index (κ1) is 12.7. The van der Waals surface area contributed by atoms with Gasteiger partial charge in [0.1, 0.15) is 4.60 Å². The Kier molecular flexibility index (Phi) is 5.26. The summed E-state index contributed by atoms with van der Waals surface area (Å²) < 4.78 is 0.901. The third kappa shape index (κ3) is 4.31. The van der Waals surface area contributed by atoms with Crippen LogP contribution in [0.25, 0.3) is 0 Å². The van der Waals surface area contributed by atoms with Crippen LogP contribution in [-0.2, 0) is 6.54 Å². The Morgan fingerprint density at radius 1 is 1.40 bits per heavy atom. The van der Waals surface area contributed by atoms with E-state index in [1.807, 2.05) is 18.2 Å². The van der Waals surface area contributed by atoms with E-state index < -0.39 is 0 Å². The second-order valence-electron chi connectivity index (χ2n) is 4.01. The molecule has 1 aromatic rings. The summed E-state index contributed by atoms with van der Waals surface area (Å²) in [4.78, 5) is 4.38. The number of nitrogens with one attached hydrogen (secondary N) is 1. The zero-order chi connectivity index (χ0) is 11.3. The van der Waals surface area contributed by atoms with E-state index in [1.165, 1.54) is 6.42 Å². The molecule has 3 heteroatoms. The lowest BCUT2D eigenvalue weighted by molar-refractivity contribution is 0.388. The van der Waals surface area contributed by atoms with E-state index in [0.29, 0.717) is 12.0 Å². The van der Waals surface area contributed by atoms with Gasteiger partial charge in [-0.2, -0.15) is 0 Å². The molecule has 0 fully saturated rings. The molecule has 0 aliphatic carbocycles. The number of rotatable bonds is 5. The van der Waals surface area contributed by atoms with Crippen LogP contribution in [0.5, 0.6) is 0 Å². The van der Waals surface area contributed by atoms with Gasteiger partial charge in [0.2, 0.25) is 0 Å². The second-order valence-corrected chi connectivity index (χ2v) is 4.82. The largest absolute Gasteiger partial charge is 0.308 e. The molecule has 15 heavy (non-hydrogen) atoms. The summed E-state index contributed by atoms with van der Waals surface area (Å²) in [5, 5.41) is 3.49. The van der Waals surface area contributed by atoms with Crippen LogP contribution in [0.1, 0.15) is 32.9 Å². The number of pyridine rings is 1. The Hall–Kier alpha value is -0.410. The molecule has 1 N–H and O–H groups in total. The van der Waals surface area contributed by atoms with Gasteiger partial charge in [0.05, 0.1) is 5.69 Å². The molecule has 0 bridgehead atoms. The summed E-state index contributed by atoms with van der Waals surface area (Å²) in [5.41, 5.74) is 1.08. The molecule has 2 nitrogen and oxygen atoms in total. The molecule has 0 saturated carbocycles. The summed E-state index contributed by atoms with van der Waals surface area (Å²) in [6.45, 7) is 7.56. The van der Waals surface area contributed by atoms with E-state index >= 15 is 0 Å². The Morgan fingerprint density at radius 3 is 2.73 bits per heavy atom. The molecule has 0 radical (unpaired) electrons. The fraction of sp³-hybridized carbons (Fsp3) is 0.583. The van der Waals surface area contributed by atoms with E-state index in [-0.39, 0.29) is 0 Å². The van der Waals surface area contributed by atoms with Gasteiger partial charge in [-0.15, -0.1) is 0 Å². The van der Waals surface area contributed by atoms with Crippen LogP contribution >= 0.6 is 15.9 Å². The van der Waals surface area contributed by atoms with E-state index in [9.17, 15) is 0 Å². The fourth-order valence-corrected chi connectivity index (χ4v) is 1.75. The van der Waals surface area contributed by atoms with Crippen LogP contribution in [0.2, 0.25) is 0 Å². The predicted octanol–water partition coefficient (Wildman–Crippen LogP) is 3.37. The lowest BCUT2D eigenvalue weighted by Crippen LogP contribution is -2.31. The predicted molar refractivity (Wildman–Crippen MR) is 67.7 cm³/mol. The standard InChI is InChI=1S/C12H19BrN2/c1-4-9(2)10(3)14-8-11-6-5-7-12(13)15-11/h5-7,9-10,14H,4,8H2,1-3H3. The molecule has 1 aromatic heterocycles. The molecule has 0 amide bonds. The average molecular weight is 271 g/mol. The summed E-state index contributed by atoms with van der Waals surface area (Å²) in [7, 11) is 0. The molecule has 0 aliphatic rings. The van der Waals surface area contributed by atoms with Crippen LogP contribution in [-0.4, -0.2) is 11.0 Å². The first-order valence-electron chi connectivity index (χ1n) is 5.48. The first-order chi connectivity index (χ1) is 7.13. The van der Waals surface area contributed by atoms with Crippen molar-refractivity contribution >= 4 is 15.9 Å². The van der Waals surface area contributed by atoms with Crippen LogP contribution in [0.3, 0.4) is 0 Å².